The zero-order valence-corrected chi connectivity index (χ0v) is 16.1. The Morgan fingerprint density at radius 1 is 1.11 bits per heavy atom. The smallest absolute Gasteiger partial charge is 0.319 e. The van der Waals surface area contributed by atoms with Crippen LogP contribution in [0.1, 0.15) is 0 Å². The third-order valence-electron chi connectivity index (χ3n) is 4.59. The van der Waals surface area contributed by atoms with Crippen molar-refractivity contribution in [3.05, 3.63) is 63.7 Å². The van der Waals surface area contributed by atoms with Gasteiger partial charge in [0.15, 0.2) is 0 Å². The van der Waals surface area contributed by atoms with Gasteiger partial charge in [-0.3, -0.25) is 15.0 Å². The van der Waals surface area contributed by atoms with Gasteiger partial charge in [0.2, 0.25) is 0 Å². The van der Waals surface area contributed by atoms with Crippen LogP contribution in [0.4, 0.5) is 21.9 Å². The van der Waals surface area contributed by atoms with Crippen LogP contribution in [0.25, 0.3) is 0 Å². The van der Waals surface area contributed by atoms with Gasteiger partial charge < -0.3 is 15.5 Å². The number of rotatable bonds is 6. The predicted octanol–water partition coefficient (Wildman–Crippen LogP) is 3.19. The highest BCUT2D eigenvalue weighted by Gasteiger charge is 2.17. The molecule has 0 saturated carbocycles. The largest absolute Gasteiger partial charge is 0.369 e. The molecule has 9 heteroatoms. The Morgan fingerprint density at radius 3 is 2.46 bits per heavy atom. The van der Waals surface area contributed by atoms with Gasteiger partial charge in [0.05, 0.1) is 4.92 Å². The molecule has 0 aliphatic carbocycles. The Kier molecular flexibility index (Phi) is 6.67. The molecule has 8 nitrogen and oxygen atoms in total. The Hall–Kier alpha value is -2.84. The first-order chi connectivity index (χ1) is 13.5. The van der Waals surface area contributed by atoms with Gasteiger partial charge in [0, 0.05) is 67.8 Å². The second kappa shape index (κ2) is 9.38. The van der Waals surface area contributed by atoms with E-state index in [1.54, 1.807) is 36.4 Å². The van der Waals surface area contributed by atoms with Gasteiger partial charge in [-0.05, 0) is 30.3 Å². The average molecular weight is 404 g/mol. The van der Waals surface area contributed by atoms with E-state index < -0.39 is 4.92 Å². The number of nitrogens with one attached hydrogen (secondary N) is 2. The van der Waals surface area contributed by atoms with E-state index in [0.29, 0.717) is 17.3 Å². The Bertz CT molecular complexity index is 823. The van der Waals surface area contributed by atoms with Crippen LogP contribution < -0.4 is 15.5 Å². The first-order valence-corrected chi connectivity index (χ1v) is 9.41. The number of carbonyl (C=O) groups excluding carboxylic acids is 1. The van der Waals surface area contributed by atoms with Crippen molar-refractivity contribution in [2.24, 2.45) is 0 Å². The summed E-state index contributed by atoms with van der Waals surface area (Å²) in [5.41, 5.74) is 1.75. The molecule has 3 rings (SSSR count). The van der Waals surface area contributed by atoms with Crippen LogP contribution in [0.5, 0.6) is 0 Å². The Balaban J connectivity index is 1.37. The number of amides is 2. The van der Waals surface area contributed by atoms with Crippen LogP contribution in [0, 0.1) is 10.1 Å². The van der Waals surface area contributed by atoms with Crippen LogP contribution >= 0.6 is 11.6 Å². The molecule has 0 spiro atoms. The standard InChI is InChI=1S/C19H22ClN5O3/c20-15-2-1-3-16(14-15)22-19(26)21-8-9-23-10-12-24(13-11-23)17-4-6-18(7-5-17)25(27)28/h1-7,14H,8-13H2,(H2,21,22,26). The van der Waals surface area contributed by atoms with E-state index in [0.717, 1.165) is 38.4 Å². The van der Waals surface area contributed by atoms with Gasteiger partial charge in [0.1, 0.15) is 0 Å². The Labute approximate surface area is 168 Å². The SMILES string of the molecule is O=C(NCCN1CCN(c2ccc([N+](=O)[O-])cc2)CC1)Nc1cccc(Cl)c1. The first kappa shape index (κ1) is 19.9. The third kappa shape index (κ3) is 5.58. The molecule has 0 aromatic heterocycles. The molecule has 1 saturated heterocycles. The number of nitrogens with zero attached hydrogens (tertiary/aromatic N) is 3. The number of carbonyl (C=O) groups is 1. The number of urea groups is 1. The number of anilines is 2. The average Bonchev–Trinajstić information content (AvgIpc) is 2.68. The summed E-state index contributed by atoms with van der Waals surface area (Å²) in [5.74, 6) is 0. The van der Waals surface area contributed by atoms with E-state index in [1.165, 1.54) is 12.1 Å². The maximum absolute atomic E-state index is 11.9. The fourth-order valence-electron chi connectivity index (χ4n) is 3.08. The normalized spacial score (nSPS) is 14.5. The van der Waals surface area contributed by atoms with Crippen molar-refractivity contribution in [3.63, 3.8) is 0 Å². The molecule has 2 aromatic rings. The van der Waals surface area contributed by atoms with Crippen molar-refractivity contribution in [1.82, 2.24) is 10.2 Å². The molecule has 0 bridgehead atoms. The van der Waals surface area contributed by atoms with Crippen LogP contribution in [0.3, 0.4) is 0 Å². The molecular formula is C19H22ClN5O3. The monoisotopic (exact) mass is 403 g/mol. The van der Waals surface area contributed by atoms with Crippen LogP contribution in [0.2, 0.25) is 5.02 Å². The lowest BCUT2D eigenvalue weighted by Gasteiger charge is -2.36. The lowest BCUT2D eigenvalue weighted by molar-refractivity contribution is -0.384. The number of hydrogen-bond donors (Lipinski definition) is 2. The molecule has 1 heterocycles. The minimum absolute atomic E-state index is 0.101. The highest BCUT2D eigenvalue weighted by Crippen LogP contribution is 2.20. The number of nitro benzene ring substituents is 1. The molecule has 0 unspecified atom stereocenters. The summed E-state index contributed by atoms with van der Waals surface area (Å²) in [6.45, 7) is 4.73. The van der Waals surface area contributed by atoms with Gasteiger partial charge in [-0.1, -0.05) is 17.7 Å². The maximum atomic E-state index is 11.9. The summed E-state index contributed by atoms with van der Waals surface area (Å²) >= 11 is 5.90. The highest BCUT2D eigenvalue weighted by atomic mass is 35.5. The number of non-ortho nitro benzene ring substituents is 1. The molecule has 148 valence electrons. The summed E-state index contributed by atoms with van der Waals surface area (Å²) in [7, 11) is 0. The van der Waals surface area contributed by atoms with E-state index in [1.807, 2.05) is 0 Å². The minimum atomic E-state index is -0.392. The lowest BCUT2D eigenvalue weighted by Crippen LogP contribution is -2.48. The molecule has 1 aliphatic heterocycles. The van der Waals surface area contributed by atoms with Gasteiger partial charge in [-0.2, -0.15) is 0 Å². The highest BCUT2D eigenvalue weighted by molar-refractivity contribution is 6.30. The van der Waals surface area contributed by atoms with Crippen molar-refractivity contribution in [3.8, 4) is 0 Å². The molecule has 0 atom stereocenters. The van der Waals surface area contributed by atoms with E-state index in [2.05, 4.69) is 20.4 Å². The van der Waals surface area contributed by atoms with Crippen LogP contribution in [-0.4, -0.2) is 55.1 Å². The molecular weight excluding hydrogens is 382 g/mol. The number of benzene rings is 2. The van der Waals surface area contributed by atoms with E-state index >= 15 is 0 Å². The summed E-state index contributed by atoms with van der Waals surface area (Å²) in [4.78, 5) is 26.8. The summed E-state index contributed by atoms with van der Waals surface area (Å²) < 4.78 is 0. The number of nitro groups is 1. The summed E-state index contributed by atoms with van der Waals surface area (Å²) in [5, 5.41) is 16.9. The van der Waals surface area contributed by atoms with Crippen molar-refractivity contribution >= 4 is 34.7 Å². The van der Waals surface area contributed by atoms with Gasteiger partial charge >= 0.3 is 6.03 Å². The molecule has 0 radical (unpaired) electrons. The lowest BCUT2D eigenvalue weighted by atomic mass is 10.2. The van der Waals surface area contributed by atoms with Crippen molar-refractivity contribution in [2.45, 2.75) is 0 Å². The fourth-order valence-corrected chi connectivity index (χ4v) is 3.27. The zero-order valence-electron chi connectivity index (χ0n) is 15.3. The molecule has 2 N–H and O–H groups in total. The van der Waals surface area contributed by atoms with E-state index in [-0.39, 0.29) is 11.7 Å². The first-order valence-electron chi connectivity index (χ1n) is 9.03. The van der Waals surface area contributed by atoms with Gasteiger partial charge in [0.25, 0.3) is 5.69 Å². The van der Waals surface area contributed by atoms with Crippen LogP contribution in [-0.2, 0) is 0 Å². The molecule has 2 amide bonds. The zero-order chi connectivity index (χ0) is 19.9. The van der Waals surface area contributed by atoms with Crippen LogP contribution in [0.15, 0.2) is 48.5 Å². The maximum Gasteiger partial charge on any atom is 0.319 e. The number of halogens is 1. The molecule has 1 fully saturated rings. The number of piperazine rings is 1. The molecule has 28 heavy (non-hydrogen) atoms. The summed E-state index contributed by atoms with van der Waals surface area (Å²) in [6.07, 6.45) is 0. The van der Waals surface area contributed by atoms with Gasteiger partial charge in [-0.15, -0.1) is 0 Å². The van der Waals surface area contributed by atoms with Crippen molar-refractivity contribution in [1.29, 1.82) is 0 Å². The quantitative estimate of drug-likeness (QED) is 0.571. The molecule has 1 aliphatic rings. The van der Waals surface area contributed by atoms with Crippen molar-refractivity contribution in [2.75, 3.05) is 49.5 Å². The third-order valence-corrected chi connectivity index (χ3v) is 4.83. The second-order valence-corrected chi connectivity index (χ2v) is 6.93. The minimum Gasteiger partial charge on any atom is -0.369 e. The topological polar surface area (TPSA) is 90.8 Å². The summed E-state index contributed by atoms with van der Waals surface area (Å²) in [6, 6.07) is 13.4. The second-order valence-electron chi connectivity index (χ2n) is 6.49. The van der Waals surface area contributed by atoms with E-state index in [9.17, 15) is 14.9 Å². The number of hydrogen-bond acceptors (Lipinski definition) is 5. The molecule has 2 aromatic carbocycles. The Morgan fingerprint density at radius 2 is 1.82 bits per heavy atom. The van der Waals surface area contributed by atoms with Crippen molar-refractivity contribution < 1.29 is 9.72 Å². The van der Waals surface area contributed by atoms with Gasteiger partial charge in [-0.25, -0.2) is 4.79 Å². The van der Waals surface area contributed by atoms with E-state index in [4.69, 9.17) is 11.6 Å². The fraction of sp³-hybridized carbons (Fsp3) is 0.316. The predicted molar refractivity (Wildman–Crippen MR) is 110 cm³/mol.